The molecule has 0 aliphatic carbocycles. The number of rotatable bonds is 2. The SMILES string of the molecule is O=C1NC(c2ccc(F)c(F)c2)=N/C1=C/c1ccc(F)cc1. The lowest BCUT2D eigenvalue weighted by Crippen LogP contribution is -2.24. The van der Waals surface area contributed by atoms with E-state index in [1.165, 1.54) is 36.4 Å². The standard InChI is InChI=1S/C16H9F3N2O/c17-11-4-1-9(2-5-11)7-14-16(22)21-15(20-14)10-3-6-12(18)13(19)8-10/h1-8H,(H,20,21,22)/b14-7+. The van der Waals surface area contributed by atoms with Crippen LogP contribution in [0.2, 0.25) is 0 Å². The first kappa shape index (κ1) is 14.1. The van der Waals surface area contributed by atoms with Gasteiger partial charge in [-0.2, -0.15) is 0 Å². The lowest BCUT2D eigenvalue weighted by Gasteiger charge is -2.00. The summed E-state index contributed by atoms with van der Waals surface area (Å²) in [5.41, 5.74) is 0.961. The number of nitrogens with zero attached hydrogens (tertiary/aromatic N) is 1. The zero-order valence-electron chi connectivity index (χ0n) is 11.1. The monoisotopic (exact) mass is 302 g/mol. The first-order valence-electron chi connectivity index (χ1n) is 6.36. The third-order valence-electron chi connectivity index (χ3n) is 3.06. The maximum absolute atomic E-state index is 13.2. The summed E-state index contributed by atoms with van der Waals surface area (Å²) in [4.78, 5) is 15.9. The molecule has 110 valence electrons. The summed E-state index contributed by atoms with van der Waals surface area (Å²) >= 11 is 0. The van der Waals surface area contributed by atoms with Crippen LogP contribution in [-0.4, -0.2) is 11.7 Å². The van der Waals surface area contributed by atoms with Crippen LogP contribution in [0.25, 0.3) is 6.08 Å². The van der Waals surface area contributed by atoms with Crippen molar-refractivity contribution in [2.45, 2.75) is 0 Å². The molecule has 0 bridgehead atoms. The predicted octanol–water partition coefficient (Wildman–Crippen LogP) is 3.02. The number of halogens is 3. The Hall–Kier alpha value is -2.89. The smallest absolute Gasteiger partial charge is 0.275 e. The predicted molar refractivity (Wildman–Crippen MR) is 75.4 cm³/mol. The Morgan fingerprint density at radius 2 is 1.68 bits per heavy atom. The van der Waals surface area contributed by atoms with Gasteiger partial charge in [0.25, 0.3) is 5.91 Å². The van der Waals surface area contributed by atoms with Crippen molar-refractivity contribution in [1.82, 2.24) is 5.32 Å². The third kappa shape index (κ3) is 2.76. The van der Waals surface area contributed by atoms with Gasteiger partial charge in [-0.15, -0.1) is 0 Å². The molecule has 1 amide bonds. The Labute approximate surface area is 123 Å². The molecule has 2 aromatic rings. The number of nitrogens with one attached hydrogen (secondary N) is 1. The van der Waals surface area contributed by atoms with Crippen LogP contribution in [0, 0.1) is 17.5 Å². The first-order chi connectivity index (χ1) is 10.5. The molecule has 0 unspecified atom stereocenters. The van der Waals surface area contributed by atoms with Gasteiger partial charge < -0.3 is 5.32 Å². The molecule has 1 heterocycles. The van der Waals surface area contributed by atoms with Crippen LogP contribution in [0.4, 0.5) is 13.2 Å². The van der Waals surface area contributed by atoms with E-state index in [9.17, 15) is 18.0 Å². The van der Waals surface area contributed by atoms with Gasteiger partial charge in [0.15, 0.2) is 11.6 Å². The number of benzene rings is 2. The van der Waals surface area contributed by atoms with Gasteiger partial charge in [-0.1, -0.05) is 12.1 Å². The molecule has 0 spiro atoms. The minimum atomic E-state index is -1.02. The van der Waals surface area contributed by atoms with Crippen molar-refractivity contribution in [1.29, 1.82) is 0 Å². The summed E-state index contributed by atoms with van der Waals surface area (Å²) in [5.74, 6) is -2.72. The molecule has 1 aliphatic rings. The van der Waals surface area contributed by atoms with Gasteiger partial charge in [0, 0.05) is 5.56 Å². The van der Waals surface area contributed by atoms with E-state index >= 15 is 0 Å². The topological polar surface area (TPSA) is 41.5 Å². The van der Waals surface area contributed by atoms with Crippen LogP contribution in [-0.2, 0) is 4.79 Å². The Morgan fingerprint density at radius 3 is 2.36 bits per heavy atom. The number of aliphatic imine (C=N–C) groups is 1. The van der Waals surface area contributed by atoms with E-state index in [-0.39, 0.29) is 22.9 Å². The highest BCUT2D eigenvalue weighted by molar-refractivity contribution is 6.19. The highest BCUT2D eigenvalue weighted by Gasteiger charge is 2.21. The molecule has 22 heavy (non-hydrogen) atoms. The molecule has 6 heteroatoms. The van der Waals surface area contributed by atoms with Crippen molar-refractivity contribution >= 4 is 17.8 Å². The van der Waals surface area contributed by atoms with Crippen molar-refractivity contribution in [2.75, 3.05) is 0 Å². The highest BCUT2D eigenvalue weighted by atomic mass is 19.2. The van der Waals surface area contributed by atoms with E-state index in [2.05, 4.69) is 10.3 Å². The number of hydrogen-bond donors (Lipinski definition) is 1. The number of carbonyl (C=O) groups excluding carboxylic acids is 1. The normalized spacial score (nSPS) is 15.9. The fraction of sp³-hybridized carbons (Fsp3) is 0. The molecular formula is C16H9F3N2O. The Morgan fingerprint density at radius 1 is 0.955 bits per heavy atom. The Bertz CT molecular complexity index is 811. The van der Waals surface area contributed by atoms with Gasteiger partial charge in [-0.3, -0.25) is 4.79 Å². The Kier molecular flexibility index (Phi) is 3.50. The largest absolute Gasteiger partial charge is 0.305 e. The van der Waals surface area contributed by atoms with E-state index < -0.39 is 17.5 Å². The zero-order valence-corrected chi connectivity index (χ0v) is 11.1. The number of amides is 1. The van der Waals surface area contributed by atoms with Crippen LogP contribution < -0.4 is 5.32 Å². The van der Waals surface area contributed by atoms with Gasteiger partial charge in [-0.05, 0) is 42.0 Å². The minimum absolute atomic E-state index is 0.103. The van der Waals surface area contributed by atoms with Crippen LogP contribution in [0.5, 0.6) is 0 Å². The fourth-order valence-electron chi connectivity index (χ4n) is 1.97. The van der Waals surface area contributed by atoms with Gasteiger partial charge in [-0.25, -0.2) is 18.2 Å². The molecule has 0 atom stereocenters. The van der Waals surface area contributed by atoms with Gasteiger partial charge >= 0.3 is 0 Å². The van der Waals surface area contributed by atoms with Gasteiger partial charge in [0.05, 0.1) is 0 Å². The summed E-state index contributed by atoms with van der Waals surface area (Å²) in [6.45, 7) is 0. The zero-order chi connectivity index (χ0) is 15.7. The number of carbonyl (C=O) groups is 1. The number of hydrogen-bond acceptors (Lipinski definition) is 2. The van der Waals surface area contributed by atoms with Crippen LogP contribution in [0.1, 0.15) is 11.1 Å². The maximum Gasteiger partial charge on any atom is 0.275 e. The van der Waals surface area contributed by atoms with E-state index in [0.717, 1.165) is 12.1 Å². The van der Waals surface area contributed by atoms with Crippen molar-refractivity contribution < 1.29 is 18.0 Å². The molecule has 0 saturated carbocycles. The quantitative estimate of drug-likeness (QED) is 0.851. The molecule has 0 aromatic heterocycles. The summed E-state index contributed by atoms with van der Waals surface area (Å²) in [7, 11) is 0. The maximum atomic E-state index is 13.2. The lowest BCUT2D eigenvalue weighted by atomic mass is 10.2. The minimum Gasteiger partial charge on any atom is -0.305 e. The fourth-order valence-corrected chi connectivity index (χ4v) is 1.97. The second kappa shape index (κ2) is 5.48. The van der Waals surface area contributed by atoms with Crippen LogP contribution in [0.15, 0.2) is 53.2 Å². The third-order valence-corrected chi connectivity index (χ3v) is 3.06. The summed E-state index contributed by atoms with van der Waals surface area (Å²) in [5, 5.41) is 2.48. The van der Waals surface area contributed by atoms with E-state index in [0.29, 0.717) is 5.56 Å². The molecule has 0 fully saturated rings. The summed E-state index contributed by atoms with van der Waals surface area (Å²) in [6.07, 6.45) is 1.47. The van der Waals surface area contributed by atoms with E-state index in [1.807, 2.05) is 0 Å². The molecule has 0 saturated heterocycles. The van der Waals surface area contributed by atoms with Gasteiger partial charge in [0.1, 0.15) is 17.3 Å². The molecule has 1 aliphatic heterocycles. The van der Waals surface area contributed by atoms with E-state index in [4.69, 9.17) is 0 Å². The molecule has 1 N–H and O–H groups in total. The van der Waals surface area contributed by atoms with Crippen molar-refractivity contribution in [3.8, 4) is 0 Å². The molecule has 3 nitrogen and oxygen atoms in total. The summed E-state index contributed by atoms with van der Waals surface area (Å²) < 4.78 is 39.0. The summed E-state index contributed by atoms with van der Waals surface area (Å²) in [6, 6.07) is 8.76. The van der Waals surface area contributed by atoms with Crippen molar-refractivity contribution in [2.24, 2.45) is 4.99 Å². The van der Waals surface area contributed by atoms with Crippen LogP contribution in [0.3, 0.4) is 0 Å². The second-order valence-corrected chi connectivity index (χ2v) is 4.62. The van der Waals surface area contributed by atoms with Crippen molar-refractivity contribution in [3.63, 3.8) is 0 Å². The molecule has 0 radical (unpaired) electrons. The average molecular weight is 302 g/mol. The first-order valence-corrected chi connectivity index (χ1v) is 6.36. The highest BCUT2D eigenvalue weighted by Crippen LogP contribution is 2.17. The Balaban J connectivity index is 1.94. The average Bonchev–Trinajstić information content (AvgIpc) is 2.85. The molecular weight excluding hydrogens is 293 g/mol. The van der Waals surface area contributed by atoms with E-state index in [1.54, 1.807) is 0 Å². The second-order valence-electron chi connectivity index (χ2n) is 4.62. The molecule has 2 aromatic carbocycles. The molecule has 3 rings (SSSR count). The van der Waals surface area contributed by atoms with Crippen LogP contribution >= 0.6 is 0 Å². The number of amidine groups is 1. The lowest BCUT2D eigenvalue weighted by molar-refractivity contribution is -0.115. The van der Waals surface area contributed by atoms with Crippen molar-refractivity contribution in [3.05, 3.63) is 76.7 Å². The van der Waals surface area contributed by atoms with Gasteiger partial charge in [0.2, 0.25) is 0 Å².